The quantitative estimate of drug-likeness (QED) is 0.728. The van der Waals surface area contributed by atoms with Crippen LogP contribution in [-0.4, -0.2) is 27.4 Å². The van der Waals surface area contributed by atoms with E-state index in [-0.39, 0.29) is 23.9 Å². The van der Waals surface area contributed by atoms with Crippen LogP contribution in [0.1, 0.15) is 21.9 Å². The van der Waals surface area contributed by atoms with Crippen LogP contribution in [-0.2, 0) is 10.0 Å². The summed E-state index contributed by atoms with van der Waals surface area (Å²) >= 11 is 3.31. The molecule has 0 spiro atoms. The lowest BCUT2D eigenvalue weighted by Gasteiger charge is -2.08. The summed E-state index contributed by atoms with van der Waals surface area (Å²) in [5.74, 6) is 0.819. The van der Waals surface area contributed by atoms with E-state index in [9.17, 15) is 13.2 Å². The van der Waals surface area contributed by atoms with E-state index >= 15 is 0 Å². The van der Waals surface area contributed by atoms with Crippen LogP contribution in [0, 0.1) is 13.8 Å². The third-order valence-electron chi connectivity index (χ3n) is 3.17. The molecule has 124 valence electrons. The Morgan fingerprint density at radius 1 is 1.13 bits per heavy atom. The van der Waals surface area contributed by atoms with E-state index in [1.807, 2.05) is 0 Å². The predicted octanol–water partition coefficient (Wildman–Crippen LogP) is 2.37. The van der Waals surface area contributed by atoms with Gasteiger partial charge in [-0.15, -0.1) is 0 Å². The van der Waals surface area contributed by atoms with Crippen LogP contribution >= 0.6 is 15.9 Å². The average molecular weight is 401 g/mol. The molecule has 0 saturated heterocycles. The van der Waals surface area contributed by atoms with Gasteiger partial charge in [0.1, 0.15) is 11.5 Å². The van der Waals surface area contributed by atoms with Crippen molar-refractivity contribution in [3.8, 4) is 0 Å². The highest BCUT2D eigenvalue weighted by Gasteiger charge is 2.19. The van der Waals surface area contributed by atoms with Gasteiger partial charge in [0.2, 0.25) is 10.0 Å². The third-order valence-corrected chi connectivity index (χ3v) is 5.60. The zero-order valence-corrected chi connectivity index (χ0v) is 15.1. The molecule has 6 nitrogen and oxygen atoms in total. The van der Waals surface area contributed by atoms with Crippen molar-refractivity contribution in [2.45, 2.75) is 18.7 Å². The first-order valence-electron chi connectivity index (χ1n) is 6.91. The maximum atomic E-state index is 12.1. The molecule has 2 rings (SSSR count). The Labute approximate surface area is 143 Å². The van der Waals surface area contributed by atoms with Crippen LogP contribution in [0.15, 0.2) is 44.1 Å². The summed E-state index contributed by atoms with van der Waals surface area (Å²) in [6.45, 7) is 3.71. The second kappa shape index (κ2) is 7.29. The number of aryl methyl sites for hydroxylation is 2. The number of amides is 1. The fourth-order valence-electron chi connectivity index (χ4n) is 2.05. The number of furan rings is 1. The van der Waals surface area contributed by atoms with Crippen LogP contribution in [0.2, 0.25) is 0 Å². The number of sulfonamides is 1. The fourth-order valence-corrected chi connectivity index (χ4v) is 3.64. The van der Waals surface area contributed by atoms with E-state index in [4.69, 9.17) is 4.42 Å². The lowest BCUT2D eigenvalue weighted by atomic mass is 10.2. The van der Waals surface area contributed by atoms with Crippen LogP contribution in [0.4, 0.5) is 0 Å². The molecule has 0 saturated carbocycles. The molecule has 0 aliphatic rings. The monoisotopic (exact) mass is 400 g/mol. The molecule has 2 N–H and O–H groups in total. The molecule has 0 bridgehead atoms. The summed E-state index contributed by atoms with van der Waals surface area (Å²) < 4.78 is 32.4. The van der Waals surface area contributed by atoms with Crippen LogP contribution in [0.3, 0.4) is 0 Å². The highest BCUT2D eigenvalue weighted by atomic mass is 79.9. The number of carbonyl (C=O) groups is 1. The van der Waals surface area contributed by atoms with Gasteiger partial charge in [-0.1, -0.05) is 18.2 Å². The fraction of sp³-hybridized carbons (Fsp3) is 0.267. The lowest BCUT2D eigenvalue weighted by Crippen LogP contribution is -2.34. The van der Waals surface area contributed by atoms with Gasteiger partial charge in [-0.05, 0) is 41.9 Å². The molecule has 2 aromatic rings. The molecular weight excluding hydrogens is 384 g/mol. The Balaban J connectivity index is 1.89. The van der Waals surface area contributed by atoms with Gasteiger partial charge in [-0.2, -0.15) is 0 Å². The van der Waals surface area contributed by atoms with Crippen molar-refractivity contribution in [2.75, 3.05) is 13.1 Å². The topological polar surface area (TPSA) is 88.4 Å². The summed E-state index contributed by atoms with van der Waals surface area (Å²) in [5, 5.41) is 2.66. The van der Waals surface area contributed by atoms with E-state index in [1.54, 1.807) is 32.0 Å². The minimum Gasteiger partial charge on any atom is -0.465 e. The van der Waals surface area contributed by atoms with E-state index in [1.165, 1.54) is 12.1 Å². The molecule has 1 amide bonds. The van der Waals surface area contributed by atoms with Gasteiger partial charge in [0.05, 0.1) is 14.9 Å². The maximum absolute atomic E-state index is 12.1. The number of benzene rings is 1. The summed E-state index contributed by atoms with van der Waals surface area (Å²) in [4.78, 5) is 12.3. The molecular formula is C15H17BrN2O4S. The zero-order chi connectivity index (χ0) is 17.0. The Hall–Kier alpha value is -1.64. The van der Waals surface area contributed by atoms with Crippen molar-refractivity contribution in [1.82, 2.24) is 10.0 Å². The van der Waals surface area contributed by atoms with Gasteiger partial charge >= 0.3 is 0 Å². The van der Waals surface area contributed by atoms with Crippen molar-refractivity contribution < 1.29 is 17.6 Å². The first-order valence-corrected chi connectivity index (χ1v) is 9.19. The number of hydrogen-bond donors (Lipinski definition) is 2. The molecule has 1 aromatic carbocycles. The number of nitrogens with one attached hydrogen (secondary N) is 2. The van der Waals surface area contributed by atoms with E-state index < -0.39 is 10.0 Å². The van der Waals surface area contributed by atoms with Gasteiger partial charge in [-0.25, -0.2) is 13.1 Å². The van der Waals surface area contributed by atoms with Crippen molar-refractivity contribution in [2.24, 2.45) is 0 Å². The van der Waals surface area contributed by atoms with E-state index in [0.29, 0.717) is 21.6 Å². The Morgan fingerprint density at radius 3 is 2.35 bits per heavy atom. The number of carbonyl (C=O) groups excluding carboxylic acids is 1. The molecule has 23 heavy (non-hydrogen) atoms. The highest BCUT2D eigenvalue weighted by molar-refractivity contribution is 9.10. The van der Waals surface area contributed by atoms with Crippen LogP contribution in [0.25, 0.3) is 0 Å². The molecule has 0 fully saturated rings. The molecule has 0 radical (unpaired) electrons. The van der Waals surface area contributed by atoms with E-state index in [0.717, 1.165) is 0 Å². The summed E-state index contributed by atoms with van der Waals surface area (Å²) in [7, 11) is -3.56. The molecule has 0 aliphatic carbocycles. The first kappa shape index (κ1) is 17.7. The largest absolute Gasteiger partial charge is 0.465 e. The predicted molar refractivity (Wildman–Crippen MR) is 89.8 cm³/mol. The number of rotatable bonds is 6. The Bertz CT molecular complexity index is 800. The first-order chi connectivity index (χ1) is 10.8. The summed E-state index contributed by atoms with van der Waals surface area (Å²) in [6, 6.07) is 8.06. The van der Waals surface area contributed by atoms with Crippen LogP contribution in [0.5, 0.6) is 0 Å². The van der Waals surface area contributed by atoms with Crippen molar-refractivity contribution in [1.29, 1.82) is 0 Å². The second-order valence-electron chi connectivity index (χ2n) is 4.87. The van der Waals surface area contributed by atoms with Crippen molar-refractivity contribution in [3.05, 3.63) is 51.9 Å². The minimum atomic E-state index is -3.56. The molecule has 1 heterocycles. The third kappa shape index (κ3) is 4.21. The maximum Gasteiger partial charge on any atom is 0.256 e. The average Bonchev–Trinajstić information content (AvgIpc) is 2.77. The normalized spacial score (nSPS) is 11.4. The van der Waals surface area contributed by atoms with Gasteiger partial charge in [-0.3, -0.25) is 4.79 Å². The lowest BCUT2D eigenvalue weighted by molar-refractivity contribution is 0.0952. The summed E-state index contributed by atoms with van der Waals surface area (Å²) in [5.41, 5.74) is 0.424. The molecule has 0 unspecified atom stereocenters. The molecule has 0 aliphatic heterocycles. The Morgan fingerprint density at radius 2 is 1.78 bits per heavy atom. The van der Waals surface area contributed by atoms with Gasteiger partial charge in [0.25, 0.3) is 5.91 Å². The van der Waals surface area contributed by atoms with Crippen LogP contribution < -0.4 is 10.0 Å². The molecule has 0 atom stereocenters. The Kier molecular flexibility index (Phi) is 5.61. The van der Waals surface area contributed by atoms with Gasteiger partial charge in [0, 0.05) is 13.1 Å². The standard InChI is InChI=1S/C15H17BrN2O4S/c1-10-13(14(16)11(2)22-10)15(19)17-8-9-18-23(20,21)12-6-4-3-5-7-12/h3-7,18H,8-9H2,1-2H3,(H,17,19). The van der Waals surface area contributed by atoms with Crippen molar-refractivity contribution >= 4 is 31.9 Å². The second-order valence-corrected chi connectivity index (χ2v) is 7.43. The molecule has 1 aromatic heterocycles. The zero-order valence-electron chi connectivity index (χ0n) is 12.7. The smallest absolute Gasteiger partial charge is 0.256 e. The summed E-state index contributed by atoms with van der Waals surface area (Å²) in [6.07, 6.45) is 0. The van der Waals surface area contributed by atoms with Crippen molar-refractivity contribution in [3.63, 3.8) is 0 Å². The highest BCUT2D eigenvalue weighted by Crippen LogP contribution is 2.26. The van der Waals surface area contributed by atoms with Gasteiger partial charge < -0.3 is 9.73 Å². The number of halogens is 1. The SMILES string of the molecule is Cc1oc(C)c(C(=O)NCCNS(=O)(=O)c2ccccc2)c1Br. The minimum absolute atomic E-state index is 0.0937. The van der Waals surface area contributed by atoms with E-state index in [2.05, 4.69) is 26.0 Å². The molecule has 8 heteroatoms. The van der Waals surface area contributed by atoms with Gasteiger partial charge in [0.15, 0.2) is 0 Å². The number of hydrogen-bond acceptors (Lipinski definition) is 4.